The molecule has 5 nitrogen and oxygen atoms in total. The first kappa shape index (κ1) is 12.6. The largest absolute Gasteiger partial charge is 0.390 e. The summed E-state index contributed by atoms with van der Waals surface area (Å²) in [4.78, 5) is 11.9. The number of nitrogens with one attached hydrogen (secondary N) is 1. The molecule has 2 rings (SSSR count). The maximum absolute atomic E-state index is 11.9. The molecule has 0 saturated heterocycles. The van der Waals surface area contributed by atoms with E-state index in [1.807, 2.05) is 30.3 Å². The third-order valence-corrected chi connectivity index (χ3v) is 2.76. The molecule has 96 valence electrons. The van der Waals surface area contributed by atoms with Crippen LogP contribution in [-0.4, -0.2) is 30.8 Å². The Morgan fingerprint density at radius 2 is 2.17 bits per heavy atom. The molecule has 1 aliphatic heterocycles. The second-order valence-electron chi connectivity index (χ2n) is 4.07. The van der Waals surface area contributed by atoms with Crippen molar-refractivity contribution < 1.29 is 14.6 Å². The van der Waals surface area contributed by atoms with Crippen molar-refractivity contribution in [3.8, 4) is 0 Å². The van der Waals surface area contributed by atoms with Gasteiger partial charge >= 0.3 is 0 Å². The molecule has 1 heterocycles. The first-order valence-electron chi connectivity index (χ1n) is 5.72. The van der Waals surface area contributed by atoms with Crippen molar-refractivity contribution >= 4 is 11.6 Å². The molecular weight excluding hydrogens is 232 g/mol. The maximum Gasteiger partial charge on any atom is 0.248 e. The Morgan fingerprint density at radius 3 is 2.78 bits per heavy atom. The lowest BCUT2D eigenvalue weighted by atomic mass is 10.0. The average Bonchev–Trinajstić information content (AvgIpc) is 2.40. The average molecular weight is 248 g/mol. The third-order valence-electron chi connectivity index (χ3n) is 2.76. The smallest absolute Gasteiger partial charge is 0.248 e. The molecule has 5 heteroatoms. The van der Waals surface area contributed by atoms with E-state index in [0.29, 0.717) is 0 Å². The summed E-state index contributed by atoms with van der Waals surface area (Å²) in [6.45, 7) is 0.133. The van der Waals surface area contributed by atoms with E-state index in [-0.39, 0.29) is 12.5 Å². The van der Waals surface area contributed by atoms with Crippen LogP contribution in [0.15, 0.2) is 42.6 Å². The molecule has 2 unspecified atom stereocenters. The van der Waals surface area contributed by atoms with Gasteiger partial charge in [0.2, 0.25) is 5.91 Å². The molecule has 1 aliphatic rings. The van der Waals surface area contributed by atoms with Gasteiger partial charge in [0.05, 0.1) is 24.3 Å². The molecule has 0 radical (unpaired) electrons. The summed E-state index contributed by atoms with van der Waals surface area (Å²) >= 11 is 0. The number of amides is 1. The molecule has 0 spiro atoms. The monoisotopic (exact) mass is 248 g/mol. The highest BCUT2D eigenvalue weighted by Crippen LogP contribution is 2.18. The Labute approximate surface area is 106 Å². The van der Waals surface area contributed by atoms with E-state index in [4.69, 9.17) is 4.74 Å². The number of methoxy groups -OCH3 is 1. The van der Waals surface area contributed by atoms with E-state index in [9.17, 15) is 9.90 Å². The normalized spacial score (nSPS) is 20.7. The SMILES string of the molecule is COCC(O)C1C=CN(c2ccccc2)NC1=O. The third kappa shape index (κ3) is 2.69. The highest BCUT2D eigenvalue weighted by Gasteiger charge is 2.28. The second kappa shape index (κ2) is 5.66. The van der Waals surface area contributed by atoms with Gasteiger partial charge in [0.25, 0.3) is 0 Å². The van der Waals surface area contributed by atoms with Gasteiger partial charge in [-0.1, -0.05) is 24.3 Å². The Kier molecular flexibility index (Phi) is 3.96. The molecule has 0 fully saturated rings. The summed E-state index contributed by atoms with van der Waals surface area (Å²) in [5.41, 5.74) is 3.58. The number of benzene rings is 1. The zero-order chi connectivity index (χ0) is 13.0. The van der Waals surface area contributed by atoms with Gasteiger partial charge in [-0.2, -0.15) is 0 Å². The molecule has 1 aromatic carbocycles. The van der Waals surface area contributed by atoms with E-state index in [2.05, 4.69) is 5.43 Å². The number of ether oxygens (including phenoxy) is 1. The number of hydrogen-bond donors (Lipinski definition) is 2. The number of aliphatic hydroxyl groups excluding tert-OH is 1. The summed E-state index contributed by atoms with van der Waals surface area (Å²) in [6.07, 6.45) is 2.58. The van der Waals surface area contributed by atoms with Gasteiger partial charge in [-0.05, 0) is 12.1 Å². The lowest BCUT2D eigenvalue weighted by Gasteiger charge is -2.30. The molecule has 1 amide bonds. The van der Waals surface area contributed by atoms with Crippen LogP contribution in [0.4, 0.5) is 5.69 Å². The first-order chi connectivity index (χ1) is 8.72. The van der Waals surface area contributed by atoms with Crippen LogP contribution in [0, 0.1) is 5.92 Å². The van der Waals surface area contributed by atoms with Crippen LogP contribution in [0.25, 0.3) is 0 Å². The van der Waals surface area contributed by atoms with Crippen LogP contribution in [0.2, 0.25) is 0 Å². The van der Waals surface area contributed by atoms with E-state index >= 15 is 0 Å². The number of rotatable bonds is 4. The molecule has 0 aromatic heterocycles. The zero-order valence-electron chi connectivity index (χ0n) is 10.1. The summed E-state index contributed by atoms with van der Waals surface area (Å²) in [6, 6.07) is 9.46. The Morgan fingerprint density at radius 1 is 1.44 bits per heavy atom. The maximum atomic E-state index is 11.9. The Balaban J connectivity index is 2.10. The lowest BCUT2D eigenvalue weighted by molar-refractivity contribution is -0.128. The van der Waals surface area contributed by atoms with Crippen LogP contribution in [0.1, 0.15) is 0 Å². The number of carbonyl (C=O) groups is 1. The van der Waals surface area contributed by atoms with Gasteiger partial charge in [0.15, 0.2) is 0 Å². The van der Waals surface area contributed by atoms with E-state index < -0.39 is 12.0 Å². The molecule has 2 N–H and O–H groups in total. The van der Waals surface area contributed by atoms with Crippen LogP contribution in [0.3, 0.4) is 0 Å². The van der Waals surface area contributed by atoms with Crippen LogP contribution >= 0.6 is 0 Å². The molecule has 1 aromatic rings. The van der Waals surface area contributed by atoms with Crippen molar-refractivity contribution in [3.05, 3.63) is 42.6 Å². The quantitative estimate of drug-likeness (QED) is 0.822. The number of hydrazine groups is 1. The number of nitrogens with zero attached hydrogens (tertiary/aromatic N) is 1. The van der Waals surface area contributed by atoms with E-state index in [0.717, 1.165) is 5.69 Å². The predicted molar refractivity (Wildman–Crippen MR) is 67.6 cm³/mol. The minimum atomic E-state index is -0.829. The minimum Gasteiger partial charge on any atom is -0.390 e. The second-order valence-corrected chi connectivity index (χ2v) is 4.07. The lowest BCUT2D eigenvalue weighted by Crippen LogP contribution is -2.49. The number of carbonyl (C=O) groups excluding carboxylic acids is 1. The molecule has 2 atom stereocenters. The van der Waals surface area contributed by atoms with Gasteiger partial charge in [0.1, 0.15) is 0 Å². The van der Waals surface area contributed by atoms with Crippen molar-refractivity contribution in [2.75, 3.05) is 18.7 Å². The van der Waals surface area contributed by atoms with Crippen molar-refractivity contribution in [2.24, 2.45) is 5.92 Å². The molecule has 0 bridgehead atoms. The van der Waals surface area contributed by atoms with Gasteiger partial charge in [-0.25, -0.2) is 0 Å². The highest BCUT2D eigenvalue weighted by molar-refractivity contribution is 5.84. The van der Waals surface area contributed by atoms with Crippen LogP contribution in [0.5, 0.6) is 0 Å². The standard InChI is InChI=1S/C13H16N2O3/c1-18-9-12(16)11-7-8-15(14-13(11)17)10-5-3-2-4-6-10/h2-8,11-12,16H,9H2,1H3,(H,14,17). The van der Waals surface area contributed by atoms with Crippen molar-refractivity contribution in [1.82, 2.24) is 5.43 Å². The summed E-state index contributed by atoms with van der Waals surface area (Å²) in [5.74, 6) is -0.823. The predicted octanol–water partition coefficient (Wildman–Crippen LogP) is 0.675. The fourth-order valence-electron chi connectivity index (χ4n) is 1.81. The Hall–Kier alpha value is -1.85. The van der Waals surface area contributed by atoms with Gasteiger partial charge < -0.3 is 9.84 Å². The van der Waals surface area contributed by atoms with Crippen molar-refractivity contribution in [2.45, 2.75) is 6.10 Å². The van der Waals surface area contributed by atoms with Crippen LogP contribution in [-0.2, 0) is 9.53 Å². The first-order valence-corrected chi connectivity index (χ1v) is 5.72. The number of hydrogen-bond acceptors (Lipinski definition) is 4. The fourth-order valence-corrected chi connectivity index (χ4v) is 1.81. The Bertz CT molecular complexity index is 433. The molecule has 0 saturated carbocycles. The zero-order valence-corrected chi connectivity index (χ0v) is 10.1. The highest BCUT2D eigenvalue weighted by atomic mass is 16.5. The van der Waals surface area contributed by atoms with Crippen LogP contribution < -0.4 is 10.4 Å². The number of aliphatic hydroxyl groups is 1. The summed E-state index contributed by atoms with van der Waals surface area (Å²) in [7, 11) is 1.49. The van der Waals surface area contributed by atoms with Gasteiger partial charge in [0, 0.05) is 13.3 Å². The van der Waals surface area contributed by atoms with Crippen molar-refractivity contribution in [1.29, 1.82) is 0 Å². The summed E-state index contributed by atoms with van der Waals surface area (Å²) in [5, 5.41) is 11.4. The number of para-hydroxylation sites is 1. The van der Waals surface area contributed by atoms with E-state index in [1.54, 1.807) is 17.3 Å². The minimum absolute atomic E-state index is 0.133. The summed E-state index contributed by atoms with van der Waals surface area (Å²) < 4.78 is 4.84. The molecular formula is C13H16N2O3. The van der Waals surface area contributed by atoms with Crippen molar-refractivity contribution in [3.63, 3.8) is 0 Å². The number of anilines is 1. The van der Waals surface area contributed by atoms with Gasteiger partial charge in [-0.15, -0.1) is 0 Å². The molecule has 0 aliphatic carbocycles. The van der Waals surface area contributed by atoms with E-state index in [1.165, 1.54) is 7.11 Å². The molecule has 18 heavy (non-hydrogen) atoms. The van der Waals surface area contributed by atoms with Gasteiger partial charge in [-0.3, -0.25) is 15.2 Å². The fraction of sp³-hybridized carbons (Fsp3) is 0.308. The topological polar surface area (TPSA) is 61.8 Å².